The van der Waals surface area contributed by atoms with Crippen LogP contribution in [0.1, 0.15) is 12.0 Å². The van der Waals surface area contributed by atoms with Crippen LogP contribution in [0.4, 0.5) is 4.39 Å². The summed E-state index contributed by atoms with van der Waals surface area (Å²) in [6.07, 6.45) is 4.21. The summed E-state index contributed by atoms with van der Waals surface area (Å²) >= 11 is 0. The van der Waals surface area contributed by atoms with Gasteiger partial charge in [0.25, 0.3) is 0 Å². The van der Waals surface area contributed by atoms with Crippen molar-refractivity contribution < 1.29 is 9.13 Å². The largest absolute Gasteiger partial charge is 0.463 e. The lowest BCUT2D eigenvalue weighted by molar-refractivity contribution is 0.303. The summed E-state index contributed by atoms with van der Waals surface area (Å²) in [4.78, 5) is 7.95. The van der Waals surface area contributed by atoms with Crippen molar-refractivity contribution in [3.8, 4) is 0 Å². The van der Waals surface area contributed by atoms with E-state index in [0.717, 1.165) is 24.6 Å². The molecular weight excluding hydrogens is 255 g/mol. The monoisotopic (exact) mass is 274 g/mol. The molecule has 0 N–H and O–H groups in total. The smallest absolute Gasteiger partial charge is 0.311 e. The maximum Gasteiger partial charge on any atom is 0.311 e. The third kappa shape index (κ3) is 7.26. The Morgan fingerprint density at radius 3 is 2.70 bits per heavy atom. The zero-order chi connectivity index (χ0) is 14.6. The zero-order valence-electron chi connectivity index (χ0n) is 11.5. The molecule has 0 aliphatic heterocycles. The van der Waals surface area contributed by atoms with Gasteiger partial charge in [-0.15, -0.1) is 6.58 Å². The fraction of sp³-hybridized carbons (Fsp3) is 0.250. The first-order chi connectivity index (χ1) is 9.72. The van der Waals surface area contributed by atoms with Crippen molar-refractivity contribution >= 4 is 12.2 Å². The van der Waals surface area contributed by atoms with E-state index in [1.807, 2.05) is 30.3 Å². The van der Waals surface area contributed by atoms with Gasteiger partial charge < -0.3 is 4.74 Å². The highest BCUT2D eigenvalue weighted by Crippen LogP contribution is 2.00. The van der Waals surface area contributed by atoms with Crippen LogP contribution >= 0.6 is 0 Å². The van der Waals surface area contributed by atoms with Crippen molar-refractivity contribution in [1.29, 1.82) is 0 Å². The Balaban J connectivity index is 2.49. The van der Waals surface area contributed by atoms with Crippen LogP contribution in [0.5, 0.6) is 0 Å². The van der Waals surface area contributed by atoms with E-state index in [2.05, 4.69) is 23.1 Å². The van der Waals surface area contributed by atoms with Crippen molar-refractivity contribution in [2.75, 3.05) is 13.2 Å². The second kappa shape index (κ2) is 9.67. The predicted molar refractivity (Wildman–Crippen MR) is 82.0 cm³/mol. The molecule has 0 fully saturated rings. The topological polar surface area (TPSA) is 34.0 Å². The molecule has 0 aliphatic rings. The molecule has 0 bridgehead atoms. The maximum atomic E-state index is 12.6. The van der Waals surface area contributed by atoms with Gasteiger partial charge in [0.05, 0.1) is 12.8 Å². The predicted octanol–water partition coefficient (Wildman–Crippen LogP) is 3.73. The Bertz CT molecular complexity index is 481. The minimum absolute atomic E-state index is 0.168. The molecular formula is C16H19FN2O. The van der Waals surface area contributed by atoms with E-state index in [4.69, 9.17) is 4.74 Å². The van der Waals surface area contributed by atoms with Crippen molar-refractivity contribution in [3.63, 3.8) is 0 Å². The first-order valence-corrected chi connectivity index (χ1v) is 6.43. The lowest BCUT2D eigenvalue weighted by Gasteiger charge is -2.05. The Morgan fingerprint density at radius 2 is 2.05 bits per heavy atom. The summed E-state index contributed by atoms with van der Waals surface area (Å²) in [5, 5.41) is 0. The summed E-state index contributed by atoms with van der Waals surface area (Å²) in [6.45, 7) is 7.67. The quantitative estimate of drug-likeness (QED) is 0.323. The fourth-order valence-corrected chi connectivity index (χ4v) is 1.41. The molecule has 0 saturated carbocycles. The van der Waals surface area contributed by atoms with Gasteiger partial charge in [-0.25, -0.2) is 14.4 Å². The Labute approximate surface area is 119 Å². The van der Waals surface area contributed by atoms with Crippen LogP contribution in [0.15, 0.2) is 65.4 Å². The third-order valence-electron chi connectivity index (χ3n) is 2.36. The van der Waals surface area contributed by atoms with E-state index in [0.29, 0.717) is 13.2 Å². The molecule has 4 heteroatoms. The van der Waals surface area contributed by atoms with Gasteiger partial charge in [0.2, 0.25) is 0 Å². The Hall–Kier alpha value is -2.23. The molecule has 0 aromatic heterocycles. The summed E-state index contributed by atoms with van der Waals surface area (Å²) < 4.78 is 18.0. The molecule has 1 rings (SSSR count). The Morgan fingerprint density at radius 1 is 1.30 bits per heavy atom. The normalized spacial score (nSPS) is 11.6. The number of hydrogen-bond donors (Lipinski definition) is 0. The SMILES string of the molecule is C=CCCN=C(N=CC(=C)F)OCCc1ccccc1. The summed E-state index contributed by atoms with van der Waals surface area (Å²) in [5.74, 6) is -0.631. The molecule has 20 heavy (non-hydrogen) atoms. The number of benzene rings is 1. The number of allylic oxidation sites excluding steroid dienone is 1. The average molecular weight is 274 g/mol. The highest BCUT2D eigenvalue weighted by molar-refractivity contribution is 5.88. The second-order valence-corrected chi connectivity index (χ2v) is 4.03. The van der Waals surface area contributed by atoms with E-state index in [-0.39, 0.29) is 6.02 Å². The van der Waals surface area contributed by atoms with Gasteiger partial charge in [-0.05, 0) is 12.0 Å². The van der Waals surface area contributed by atoms with Crippen LogP contribution < -0.4 is 0 Å². The standard InChI is InChI=1S/C16H19FN2O/c1-3-4-11-18-16(19-13-14(2)17)20-12-10-15-8-6-5-7-9-15/h3,5-9,13H,1-2,4,10-12H2. The molecule has 0 amide bonds. The van der Waals surface area contributed by atoms with Crippen molar-refractivity contribution in [1.82, 2.24) is 0 Å². The van der Waals surface area contributed by atoms with E-state index in [9.17, 15) is 4.39 Å². The molecule has 0 spiro atoms. The van der Waals surface area contributed by atoms with E-state index >= 15 is 0 Å². The molecule has 0 heterocycles. The number of hydrogen-bond acceptors (Lipinski definition) is 2. The molecule has 0 radical (unpaired) electrons. The van der Waals surface area contributed by atoms with Gasteiger partial charge >= 0.3 is 6.02 Å². The van der Waals surface area contributed by atoms with Crippen molar-refractivity contribution in [2.24, 2.45) is 9.98 Å². The van der Waals surface area contributed by atoms with Crippen LogP contribution in [0, 0.1) is 0 Å². The van der Waals surface area contributed by atoms with Crippen LogP contribution in [0.3, 0.4) is 0 Å². The van der Waals surface area contributed by atoms with Gasteiger partial charge in [-0.3, -0.25) is 0 Å². The molecule has 0 atom stereocenters. The number of rotatable bonds is 7. The molecule has 0 unspecified atom stereocenters. The van der Waals surface area contributed by atoms with E-state index < -0.39 is 5.83 Å². The van der Waals surface area contributed by atoms with Crippen LogP contribution in [-0.2, 0) is 11.2 Å². The summed E-state index contributed by atoms with van der Waals surface area (Å²) in [6, 6.07) is 10.1. The highest BCUT2D eigenvalue weighted by atomic mass is 19.1. The maximum absolute atomic E-state index is 12.6. The summed E-state index contributed by atoms with van der Waals surface area (Å²) in [7, 11) is 0. The molecule has 1 aromatic carbocycles. The lowest BCUT2D eigenvalue weighted by Crippen LogP contribution is -2.07. The highest BCUT2D eigenvalue weighted by Gasteiger charge is 1.98. The second-order valence-electron chi connectivity index (χ2n) is 4.03. The fourth-order valence-electron chi connectivity index (χ4n) is 1.41. The first kappa shape index (κ1) is 15.8. The van der Waals surface area contributed by atoms with Crippen LogP contribution in [0.25, 0.3) is 0 Å². The van der Waals surface area contributed by atoms with Crippen LogP contribution in [-0.4, -0.2) is 25.4 Å². The van der Waals surface area contributed by atoms with Gasteiger partial charge in [-0.1, -0.05) is 43.0 Å². The Kier molecular flexibility index (Phi) is 7.65. The number of amidine groups is 1. The van der Waals surface area contributed by atoms with Gasteiger partial charge in [0.15, 0.2) is 0 Å². The number of aliphatic imine (C=N–C) groups is 2. The number of nitrogens with zero attached hydrogens (tertiary/aromatic N) is 2. The van der Waals surface area contributed by atoms with Gasteiger partial charge in [0, 0.05) is 13.0 Å². The van der Waals surface area contributed by atoms with E-state index in [1.54, 1.807) is 6.08 Å². The minimum atomic E-state index is -0.631. The number of ether oxygens (including phenoxy) is 1. The van der Waals surface area contributed by atoms with Crippen molar-refractivity contribution in [3.05, 3.63) is 61.0 Å². The van der Waals surface area contributed by atoms with Gasteiger partial charge in [-0.2, -0.15) is 0 Å². The van der Waals surface area contributed by atoms with Crippen LogP contribution in [0.2, 0.25) is 0 Å². The lowest BCUT2D eigenvalue weighted by atomic mass is 10.2. The molecule has 0 aliphatic carbocycles. The molecule has 3 nitrogen and oxygen atoms in total. The first-order valence-electron chi connectivity index (χ1n) is 6.43. The third-order valence-corrected chi connectivity index (χ3v) is 2.36. The minimum Gasteiger partial charge on any atom is -0.463 e. The van der Waals surface area contributed by atoms with Crippen molar-refractivity contribution in [2.45, 2.75) is 12.8 Å². The number of halogens is 1. The molecule has 1 aromatic rings. The molecule has 0 saturated heterocycles. The zero-order valence-corrected chi connectivity index (χ0v) is 11.5. The summed E-state index contributed by atoms with van der Waals surface area (Å²) in [5.41, 5.74) is 1.16. The average Bonchev–Trinajstić information content (AvgIpc) is 2.45. The molecule has 106 valence electrons. The van der Waals surface area contributed by atoms with Gasteiger partial charge in [0.1, 0.15) is 5.83 Å². The van der Waals surface area contributed by atoms with E-state index in [1.165, 1.54) is 0 Å².